The number of amides is 3. The van der Waals surface area contributed by atoms with E-state index in [4.69, 9.17) is 15.9 Å². The first-order valence-corrected chi connectivity index (χ1v) is 14.3. The SMILES string of the molecule is N=C(N)c1csc(CNC(=O)C2CC=CN2C(=O)CNC(=O)CCCOc2ccc(S(F)(F)(F)(F)F)cc2)c1. The molecule has 9 nitrogen and oxygen atoms in total. The van der Waals surface area contributed by atoms with Gasteiger partial charge in [0.25, 0.3) is 0 Å². The molecule has 1 aromatic carbocycles. The van der Waals surface area contributed by atoms with Gasteiger partial charge in [0.15, 0.2) is 0 Å². The monoisotopic (exact) mass is 595 g/mol. The number of hydrogen-bond donors (Lipinski definition) is 4. The molecule has 2 heterocycles. The number of carbonyl (C=O) groups excluding carboxylic acids is 3. The van der Waals surface area contributed by atoms with Crippen molar-refractivity contribution in [3.8, 4) is 5.75 Å². The fourth-order valence-corrected chi connectivity index (χ4v) is 4.96. The molecule has 1 atom stereocenters. The number of rotatable bonds is 12. The van der Waals surface area contributed by atoms with Crippen molar-refractivity contribution in [2.24, 2.45) is 5.73 Å². The summed E-state index contributed by atoms with van der Waals surface area (Å²) in [5.41, 5.74) is 5.98. The molecular weight excluding hydrogens is 569 g/mol. The van der Waals surface area contributed by atoms with E-state index in [1.165, 1.54) is 22.4 Å². The van der Waals surface area contributed by atoms with Crippen molar-refractivity contribution in [1.29, 1.82) is 5.41 Å². The van der Waals surface area contributed by atoms with E-state index in [-0.39, 0.29) is 62.2 Å². The summed E-state index contributed by atoms with van der Waals surface area (Å²) in [5, 5.41) is 14.3. The van der Waals surface area contributed by atoms with E-state index in [9.17, 15) is 33.8 Å². The summed E-state index contributed by atoms with van der Waals surface area (Å²) in [4.78, 5) is 37.2. The van der Waals surface area contributed by atoms with Gasteiger partial charge in [-0.15, -0.1) is 11.3 Å². The van der Waals surface area contributed by atoms with Crippen LogP contribution in [0.1, 0.15) is 29.7 Å². The Morgan fingerprint density at radius 3 is 2.44 bits per heavy atom. The fraction of sp³-hybridized carbons (Fsp3) is 0.304. The lowest BCUT2D eigenvalue weighted by molar-refractivity contribution is -0.137. The summed E-state index contributed by atoms with van der Waals surface area (Å²) in [6.07, 6.45) is 3.50. The van der Waals surface area contributed by atoms with Crippen LogP contribution in [0.15, 0.2) is 52.9 Å². The van der Waals surface area contributed by atoms with Crippen molar-refractivity contribution in [2.75, 3.05) is 13.2 Å². The molecule has 3 amide bonds. The number of carbonyl (C=O) groups is 3. The largest absolute Gasteiger partial charge is 0.494 e. The summed E-state index contributed by atoms with van der Waals surface area (Å²) in [5.74, 6) is -1.54. The van der Waals surface area contributed by atoms with E-state index >= 15 is 0 Å². The molecule has 16 heteroatoms. The number of benzene rings is 1. The number of nitrogens with one attached hydrogen (secondary N) is 3. The molecule has 1 aliphatic rings. The molecule has 1 aliphatic heterocycles. The van der Waals surface area contributed by atoms with E-state index < -0.39 is 33.0 Å². The van der Waals surface area contributed by atoms with Crippen LogP contribution >= 0.6 is 21.6 Å². The maximum atomic E-state index is 12.7. The molecule has 1 unspecified atom stereocenters. The number of halogens is 5. The lowest BCUT2D eigenvalue weighted by atomic mass is 10.2. The first kappa shape index (κ1) is 29.9. The summed E-state index contributed by atoms with van der Waals surface area (Å²) in [6.45, 7) is -0.239. The third-order valence-electron chi connectivity index (χ3n) is 5.48. The van der Waals surface area contributed by atoms with Crippen LogP contribution in [-0.2, 0) is 20.9 Å². The van der Waals surface area contributed by atoms with E-state index in [0.717, 1.165) is 17.0 Å². The van der Waals surface area contributed by atoms with Crippen LogP contribution in [-0.4, -0.2) is 47.7 Å². The average molecular weight is 596 g/mol. The third-order valence-corrected chi connectivity index (χ3v) is 7.58. The molecule has 0 fully saturated rings. The van der Waals surface area contributed by atoms with Crippen LogP contribution in [0.25, 0.3) is 0 Å². The summed E-state index contributed by atoms with van der Waals surface area (Å²) in [6, 6.07) is 2.93. The number of hydrogen-bond acceptors (Lipinski definition) is 6. The highest BCUT2D eigenvalue weighted by atomic mass is 32.5. The molecular formula is C23H26F5N5O4S2. The van der Waals surface area contributed by atoms with Gasteiger partial charge in [0.2, 0.25) is 17.7 Å². The third kappa shape index (κ3) is 8.68. The zero-order valence-corrected chi connectivity index (χ0v) is 21.9. The molecule has 0 radical (unpaired) electrons. The Bertz CT molecular complexity index is 1280. The molecule has 0 saturated heterocycles. The minimum atomic E-state index is -9.75. The second kappa shape index (κ2) is 10.8. The highest BCUT2D eigenvalue weighted by Gasteiger charge is 2.65. The minimum absolute atomic E-state index is 0.0697. The number of nitrogen functional groups attached to an aromatic ring is 1. The fourth-order valence-electron chi connectivity index (χ4n) is 3.49. The Morgan fingerprint density at radius 2 is 1.82 bits per heavy atom. The molecule has 1 aromatic heterocycles. The predicted octanol–water partition coefficient (Wildman–Crippen LogP) is 4.40. The van der Waals surface area contributed by atoms with Gasteiger partial charge in [-0.2, -0.15) is 0 Å². The Hall–Kier alpha value is -3.66. The van der Waals surface area contributed by atoms with Gasteiger partial charge < -0.3 is 26.0 Å². The van der Waals surface area contributed by atoms with Gasteiger partial charge in [0.1, 0.15) is 22.5 Å². The van der Waals surface area contributed by atoms with Gasteiger partial charge >= 0.3 is 10.2 Å². The first-order chi connectivity index (χ1) is 18.0. The zero-order valence-electron chi connectivity index (χ0n) is 20.3. The van der Waals surface area contributed by atoms with Gasteiger partial charge in [-0.05, 0) is 43.2 Å². The van der Waals surface area contributed by atoms with E-state index in [2.05, 4.69) is 10.6 Å². The molecule has 0 aliphatic carbocycles. The highest BCUT2D eigenvalue weighted by Crippen LogP contribution is 3.02. The molecule has 39 heavy (non-hydrogen) atoms. The smallest absolute Gasteiger partial charge is 0.310 e. The van der Waals surface area contributed by atoms with E-state index in [1.807, 2.05) is 0 Å². The average Bonchev–Trinajstić information content (AvgIpc) is 3.53. The highest BCUT2D eigenvalue weighted by molar-refractivity contribution is 8.45. The topological polar surface area (TPSA) is 138 Å². The molecule has 3 rings (SSSR count). The number of nitrogens with two attached hydrogens (primary N) is 1. The molecule has 2 aromatic rings. The molecule has 0 saturated carbocycles. The normalized spacial score (nSPS) is 16.7. The van der Waals surface area contributed by atoms with Crippen LogP contribution in [0.4, 0.5) is 19.4 Å². The maximum Gasteiger partial charge on any atom is 0.310 e. The second-order valence-corrected chi connectivity index (χ2v) is 11.9. The summed E-state index contributed by atoms with van der Waals surface area (Å²) >= 11 is 1.33. The van der Waals surface area contributed by atoms with E-state index in [1.54, 1.807) is 17.5 Å². The lowest BCUT2D eigenvalue weighted by Crippen LogP contribution is -2.47. The van der Waals surface area contributed by atoms with Gasteiger partial charge in [-0.25, -0.2) is 0 Å². The van der Waals surface area contributed by atoms with Gasteiger partial charge in [-0.1, -0.05) is 25.5 Å². The van der Waals surface area contributed by atoms with Crippen LogP contribution < -0.4 is 21.1 Å². The van der Waals surface area contributed by atoms with Crippen molar-refractivity contribution >= 4 is 45.1 Å². The van der Waals surface area contributed by atoms with Crippen molar-refractivity contribution < 1.29 is 38.5 Å². The van der Waals surface area contributed by atoms with Crippen molar-refractivity contribution in [3.63, 3.8) is 0 Å². The standard InChI is InChI=1S/C23H26F5N5O4S2/c24-39(25,26,27,28)18-7-5-16(6-8-18)37-10-2-4-20(34)31-13-21(35)33-9-1-3-19(33)23(36)32-12-17-11-15(14-38-17)22(29)30/h1,5-9,11,14,19H,2-4,10,12-13H2,(H3,29,30)(H,31,34)(H,32,36). The molecule has 214 valence electrons. The summed E-state index contributed by atoms with van der Waals surface area (Å²) < 4.78 is 68.9. The van der Waals surface area contributed by atoms with Crippen LogP contribution in [0.2, 0.25) is 0 Å². The van der Waals surface area contributed by atoms with Gasteiger partial charge in [0, 0.05) is 28.4 Å². The van der Waals surface area contributed by atoms with Gasteiger partial charge in [-0.3, -0.25) is 19.8 Å². The molecule has 0 bridgehead atoms. The molecule has 0 spiro atoms. The lowest BCUT2D eigenvalue weighted by Gasteiger charge is -2.40. The second-order valence-electron chi connectivity index (χ2n) is 8.54. The first-order valence-electron chi connectivity index (χ1n) is 11.4. The van der Waals surface area contributed by atoms with Crippen molar-refractivity contribution in [2.45, 2.75) is 36.7 Å². The Kier molecular flexibility index (Phi) is 8.31. The predicted molar refractivity (Wildman–Crippen MR) is 137 cm³/mol. The van der Waals surface area contributed by atoms with Crippen molar-refractivity contribution in [1.82, 2.24) is 15.5 Å². The Labute approximate surface area is 224 Å². The quantitative estimate of drug-likeness (QED) is 0.125. The number of amidine groups is 1. The van der Waals surface area contributed by atoms with Crippen LogP contribution in [0.5, 0.6) is 5.75 Å². The minimum Gasteiger partial charge on any atom is -0.494 e. The number of ether oxygens (including phenoxy) is 1. The van der Waals surface area contributed by atoms with Crippen LogP contribution in [0.3, 0.4) is 0 Å². The number of nitrogens with zero attached hydrogens (tertiary/aromatic N) is 1. The van der Waals surface area contributed by atoms with Gasteiger partial charge in [0.05, 0.1) is 19.7 Å². The number of thiophene rings is 1. The maximum absolute atomic E-state index is 12.7. The van der Waals surface area contributed by atoms with Crippen LogP contribution in [0, 0.1) is 5.41 Å². The van der Waals surface area contributed by atoms with Crippen molar-refractivity contribution in [3.05, 3.63) is 58.4 Å². The Balaban J connectivity index is 1.37. The molecule has 5 N–H and O–H groups in total. The summed E-state index contributed by atoms with van der Waals surface area (Å²) in [7, 11) is -9.75. The Morgan fingerprint density at radius 1 is 1.13 bits per heavy atom. The zero-order chi connectivity index (χ0) is 28.9. The van der Waals surface area contributed by atoms with E-state index in [0.29, 0.717) is 12.0 Å².